The van der Waals surface area contributed by atoms with Crippen LogP contribution < -0.4 is 5.32 Å². The van der Waals surface area contributed by atoms with Crippen LogP contribution in [0.2, 0.25) is 0 Å². The summed E-state index contributed by atoms with van der Waals surface area (Å²) in [6.45, 7) is 8.35. The van der Waals surface area contributed by atoms with Crippen LogP contribution in [0.4, 0.5) is 0 Å². The van der Waals surface area contributed by atoms with E-state index in [0.717, 1.165) is 11.4 Å². The molecule has 0 aromatic heterocycles. The summed E-state index contributed by atoms with van der Waals surface area (Å²) < 4.78 is 0. The topological polar surface area (TPSA) is 41.5 Å². The van der Waals surface area contributed by atoms with Crippen molar-refractivity contribution in [1.29, 1.82) is 0 Å². The summed E-state index contributed by atoms with van der Waals surface area (Å²) in [4.78, 5) is 16.1. The first kappa shape index (κ1) is 13.5. The Kier molecular flexibility index (Phi) is 3.84. The Bertz CT molecular complexity index is 536. The van der Waals surface area contributed by atoms with Gasteiger partial charge in [-0.2, -0.15) is 0 Å². The number of aliphatic imine (C=N–C) groups is 1. The molecule has 1 aromatic carbocycles. The van der Waals surface area contributed by atoms with Gasteiger partial charge < -0.3 is 5.32 Å². The van der Waals surface area contributed by atoms with Gasteiger partial charge in [-0.05, 0) is 23.1 Å². The number of carbonyl (C=O) groups is 1. The first-order valence-corrected chi connectivity index (χ1v) is 6.69. The first-order valence-electron chi connectivity index (χ1n) is 6.69. The van der Waals surface area contributed by atoms with Crippen LogP contribution in [0.1, 0.15) is 44.7 Å². The van der Waals surface area contributed by atoms with E-state index in [1.54, 1.807) is 0 Å². The molecule has 0 fully saturated rings. The maximum absolute atomic E-state index is 11.8. The summed E-state index contributed by atoms with van der Waals surface area (Å²) in [5.74, 6) is 1.38. The van der Waals surface area contributed by atoms with Gasteiger partial charge in [-0.1, -0.05) is 52.0 Å². The molecule has 0 radical (unpaired) electrons. The average Bonchev–Trinajstić information content (AvgIpc) is 2.72. The lowest BCUT2D eigenvalue weighted by Crippen LogP contribution is -2.27. The number of amides is 1. The molecule has 3 nitrogen and oxygen atoms in total. The van der Waals surface area contributed by atoms with Crippen LogP contribution in [0.5, 0.6) is 0 Å². The summed E-state index contributed by atoms with van der Waals surface area (Å²) in [6, 6.07) is 8.24. The second-order valence-corrected chi connectivity index (χ2v) is 5.46. The smallest absolute Gasteiger partial charge is 0.275 e. The number of rotatable bonds is 3. The number of benzene rings is 1. The zero-order chi connectivity index (χ0) is 14.0. The molecule has 0 bridgehead atoms. The van der Waals surface area contributed by atoms with Crippen molar-refractivity contribution in [2.24, 2.45) is 10.9 Å². The molecule has 1 aliphatic rings. The van der Waals surface area contributed by atoms with Crippen molar-refractivity contribution < 1.29 is 4.79 Å². The van der Waals surface area contributed by atoms with Crippen LogP contribution in [-0.4, -0.2) is 11.7 Å². The van der Waals surface area contributed by atoms with Crippen LogP contribution in [0.3, 0.4) is 0 Å². The van der Waals surface area contributed by atoms with E-state index in [9.17, 15) is 4.79 Å². The Morgan fingerprint density at radius 1 is 1.05 bits per heavy atom. The number of carbonyl (C=O) groups excluding carboxylic acids is 1. The zero-order valence-corrected chi connectivity index (χ0v) is 11.9. The minimum absolute atomic E-state index is 0.114. The summed E-state index contributed by atoms with van der Waals surface area (Å²) >= 11 is 0. The third-order valence-electron chi connectivity index (χ3n) is 3.17. The Morgan fingerprint density at radius 3 is 2.16 bits per heavy atom. The normalized spacial score (nSPS) is 17.3. The molecule has 1 aliphatic heterocycles. The van der Waals surface area contributed by atoms with Crippen LogP contribution in [-0.2, 0) is 4.79 Å². The summed E-state index contributed by atoms with van der Waals surface area (Å²) in [6.07, 6.45) is 1.83. The standard InChI is InChI=1S/C16H20N2O/c1-10(2)13-7-5-12(6-8-13)9-14-16(19)18-15(17-14)11(3)4/h5-11H,1-4H3,(H,17,18,19)/b14-9+. The van der Waals surface area contributed by atoms with Gasteiger partial charge >= 0.3 is 0 Å². The predicted molar refractivity (Wildman–Crippen MR) is 78.9 cm³/mol. The second-order valence-electron chi connectivity index (χ2n) is 5.46. The quantitative estimate of drug-likeness (QED) is 0.828. The van der Waals surface area contributed by atoms with E-state index in [4.69, 9.17) is 0 Å². The van der Waals surface area contributed by atoms with Crippen molar-refractivity contribution in [3.63, 3.8) is 0 Å². The molecule has 0 aliphatic carbocycles. The number of amidine groups is 1. The Labute approximate surface area is 114 Å². The predicted octanol–water partition coefficient (Wildman–Crippen LogP) is 3.34. The fraction of sp³-hybridized carbons (Fsp3) is 0.375. The van der Waals surface area contributed by atoms with E-state index in [0.29, 0.717) is 11.6 Å². The highest BCUT2D eigenvalue weighted by molar-refractivity contribution is 6.14. The molecule has 3 heteroatoms. The Hall–Kier alpha value is -1.90. The Morgan fingerprint density at radius 2 is 1.68 bits per heavy atom. The molecule has 2 rings (SSSR count). The van der Waals surface area contributed by atoms with Crippen LogP contribution in [0.25, 0.3) is 6.08 Å². The minimum Gasteiger partial charge on any atom is -0.308 e. The highest BCUT2D eigenvalue weighted by Gasteiger charge is 2.21. The molecule has 0 atom stereocenters. The van der Waals surface area contributed by atoms with Gasteiger partial charge in [0.05, 0.1) is 0 Å². The van der Waals surface area contributed by atoms with Crippen LogP contribution >= 0.6 is 0 Å². The van der Waals surface area contributed by atoms with E-state index in [1.807, 2.05) is 32.1 Å². The van der Waals surface area contributed by atoms with Gasteiger partial charge in [0, 0.05) is 5.92 Å². The van der Waals surface area contributed by atoms with Gasteiger partial charge in [0.2, 0.25) is 0 Å². The molecule has 0 saturated carbocycles. The van der Waals surface area contributed by atoms with Crippen molar-refractivity contribution in [3.8, 4) is 0 Å². The van der Waals surface area contributed by atoms with E-state index < -0.39 is 0 Å². The lowest BCUT2D eigenvalue weighted by Gasteiger charge is -2.04. The van der Waals surface area contributed by atoms with Crippen molar-refractivity contribution in [2.45, 2.75) is 33.6 Å². The molecule has 0 spiro atoms. The van der Waals surface area contributed by atoms with Crippen LogP contribution in [0.15, 0.2) is 35.0 Å². The van der Waals surface area contributed by atoms with E-state index in [-0.39, 0.29) is 11.8 Å². The molecule has 0 unspecified atom stereocenters. The van der Waals surface area contributed by atoms with Gasteiger partial charge in [0.25, 0.3) is 5.91 Å². The lowest BCUT2D eigenvalue weighted by molar-refractivity contribution is -0.115. The fourth-order valence-electron chi connectivity index (χ4n) is 1.90. The molecule has 1 aromatic rings. The minimum atomic E-state index is -0.114. The van der Waals surface area contributed by atoms with Crippen molar-refractivity contribution >= 4 is 17.8 Å². The molecule has 100 valence electrons. The maximum Gasteiger partial charge on any atom is 0.275 e. The highest BCUT2D eigenvalue weighted by atomic mass is 16.2. The number of nitrogens with zero attached hydrogens (tertiary/aromatic N) is 1. The summed E-state index contributed by atoms with van der Waals surface area (Å²) in [7, 11) is 0. The molecule has 1 heterocycles. The molecule has 19 heavy (non-hydrogen) atoms. The highest BCUT2D eigenvalue weighted by Crippen LogP contribution is 2.18. The van der Waals surface area contributed by atoms with Gasteiger partial charge in [-0.3, -0.25) is 4.79 Å². The van der Waals surface area contributed by atoms with E-state index in [2.05, 4.69) is 36.3 Å². The maximum atomic E-state index is 11.8. The third kappa shape index (κ3) is 3.11. The largest absolute Gasteiger partial charge is 0.308 e. The second kappa shape index (κ2) is 5.39. The lowest BCUT2D eigenvalue weighted by atomic mass is 10.0. The third-order valence-corrected chi connectivity index (χ3v) is 3.17. The zero-order valence-electron chi connectivity index (χ0n) is 11.9. The van der Waals surface area contributed by atoms with Crippen molar-refractivity contribution in [1.82, 2.24) is 5.32 Å². The van der Waals surface area contributed by atoms with Crippen molar-refractivity contribution in [3.05, 3.63) is 41.1 Å². The van der Waals surface area contributed by atoms with E-state index >= 15 is 0 Å². The van der Waals surface area contributed by atoms with Crippen LogP contribution in [0, 0.1) is 5.92 Å². The Balaban J connectivity index is 2.24. The molecule has 1 N–H and O–H groups in total. The molecule has 0 saturated heterocycles. The van der Waals surface area contributed by atoms with Gasteiger partial charge in [0.1, 0.15) is 11.5 Å². The monoisotopic (exact) mass is 256 g/mol. The summed E-state index contributed by atoms with van der Waals surface area (Å²) in [5, 5.41) is 2.80. The summed E-state index contributed by atoms with van der Waals surface area (Å²) in [5.41, 5.74) is 2.79. The van der Waals surface area contributed by atoms with Crippen molar-refractivity contribution in [2.75, 3.05) is 0 Å². The van der Waals surface area contributed by atoms with Gasteiger partial charge in [0.15, 0.2) is 0 Å². The molecular formula is C16H20N2O. The van der Waals surface area contributed by atoms with Gasteiger partial charge in [-0.25, -0.2) is 4.99 Å². The SMILES string of the molecule is CC(C)C1=N/C(=C/c2ccc(C(C)C)cc2)C(=O)N1. The number of hydrogen-bond acceptors (Lipinski definition) is 2. The first-order chi connectivity index (χ1) is 8.97. The fourth-order valence-corrected chi connectivity index (χ4v) is 1.90. The van der Waals surface area contributed by atoms with E-state index in [1.165, 1.54) is 5.56 Å². The molecular weight excluding hydrogens is 236 g/mol. The number of hydrogen-bond donors (Lipinski definition) is 1. The van der Waals surface area contributed by atoms with Gasteiger partial charge in [-0.15, -0.1) is 0 Å². The average molecular weight is 256 g/mol. The number of nitrogens with one attached hydrogen (secondary N) is 1. The molecule has 1 amide bonds.